The smallest absolute Gasteiger partial charge is 0.338 e. The second-order valence-corrected chi connectivity index (χ2v) is 8.76. The lowest BCUT2D eigenvalue weighted by Gasteiger charge is -2.20. The van der Waals surface area contributed by atoms with Gasteiger partial charge in [-0.1, -0.05) is 36.4 Å². The standard InChI is InChI=1S/C24H19NO5S/c26-18(23-25-17-8-4-5-9-21(17)31-23)11-10-15-16-12-22(27)29-20(16)13-19(15)30-24(28)14-6-2-1-3-7-14/h1-11,15-16,19-20H,12-13H2/b11-10+/t15-,16-,19-,20+/m1/s1. The maximum Gasteiger partial charge on any atom is 0.338 e. The van der Waals surface area contributed by atoms with E-state index in [1.165, 1.54) is 17.4 Å². The van der Waals surface area contributed by atoms with Crippen LogP contribution in [0, 0.1) is 11.8 Å². The van der Waals surface area contributed by atoms with Crippen molar-refractivity contribution < 1.29 is 23.9 Å². The number of fused-ring (bicyclic) bond motifs is 2. The molecule has 0 N–H and O–H groups in total. The van der Waals surface area contributed by atoms with Crippen molar-refractivity contribution in [3.63, 3.8) is 0 Å². The highest BCUT2D eigenvalue weighted by molar-refractivity contribution is 7.20. The summed E-state index contributed by atoms with van der Waals surface area (Å²) in [6, 6.07) is 16.4. The number of nitrogens with zero attached hydrogens (tertiary/aromatic N) is 1. The van der Waals surface area contributed by atoms with Crippen LogP contribution >= 0.6 is 11.3 Å². The van der Waals surface area contributed by atoms with E-state index in [9.17, 15) is 14.4 Å². The van der Waals surface area contributed by atoms with E-state index in [0.717, 1.165) is 10.2 Å². The van der Waals surface area contributed by atoms with E-state index >= 15 is 0 Å². The second kappa shape index (κ2) is 8.07. The zero-order valence-electron chi connectivity index (χ0n) is 16.5. The summed E-state index contributed by atoms with van der Waals surface area (Å²) in [6.07, 6.45) is 3.16. The van der Waals surface area contributed by atoms with Gasteiger partial charge in [-0.25, -0.2) is 9.78 Å². The molecule has 0 radical (unpaired) electrons. The number of para-hydroxylation sites is 1. The third-order valence-electron chi connectivity index (χ3n) is 5.79. The highest BCUT2D eigenvalue weighted by Crippen LogP contribution is 2.43. The van der Waals surface area contributed by atoms with Crippen LogP contribution in [0.25, 0.3) is 10.2 Å². The molecule has 2 fully saturated rings. The number of allylic oxidation sites excluding steroid dienone is 1. The molecule has 0 bridgehead atoms. The Hall–Kier alpha value is -3.32. The molecule has 1 aromatic heterocycles. The third kappa shape index (κ3) is 3.88. The Kier molecular flexibility index (Phi) is 5.11. The number of aromatic nitrogens is 1. The van der Waals surface area contributed by atoms with Crippen LogP contribution in [0.3, 0.4) is 0 Å². The molecule has 4 atom stereocenters. The molecule has 1 saturated heterocycles. The monoisotopic (exact) mass is 433 g/mol. The SMILES string of the molecule is O=C1C[C@@H]2[C@@H](/C=C/C(=O)c3nc4ccccc4s3)[C@H](OC(=O)c3ccccc3)C[C@@H]2O1. The third-order valence-corrected chi connectivity index (χ3v) is 6.84. The lowest BCUT2D eigenvalue weighted by molar-refractivity contribution is -0.141. The van der Waals surface area contributed by atoms with E-state index in [1.54, 1.807) is 30.3 Å². The Morgan fingerprint density at radius 2 is 1.87 bits per heavy atom. The molecule has 1 saturated carbocycles. The fourth-order valence-electron chi connectivity index (χ4n) is 4.32. The number of hydrogen-bond donors (Lipinski definition) is 0. The maximum absolute atomic E-state index is 12.7. The highest BCUT2D eigenvalue weighted by atomic mass is 32.1. The van der Waals surface area contributed by atoms with Crippen molar-refractivity contribution in [3.05, 3.63) is 77.3 Å². The van der Waals surface area contributed by atoms with Gasteiger partial charge in [0.15, 0.2) is 5.01 Å². The summed E-state index contributed by atoms with van der Waals surface area (Å²) in [7, 11) is 0. The van der Waals surface area contributed by atoms with Gasteiger partial charge in [-0.15, -0.1) is 11.3 Å². The number of thiazole rings is 1. The molecule has 2 aliphatic rings. The van der Waals surface area contributed by atoms with Crippen molar-refractivity contribution in [1.82, 2.24) is 4.98 Å². The Balaban J connectivity index is 1.36. The topological polar surface area (TPSA) is 82.6 Å². The summed E-state index contributed by atoms with van der Waals surface area (Å²) in [5.74, 6) is -1.27. The summed E-state index contributed by atoms with van der Waals surface area (Å²) in [6.45, 7) is 0. The molecule has 6 nitrogen and oxygen atoms in total. The molecule has 0 amide bonds. The number of ketones is 1. The van der Waals surface area contributed by atoms with Crippen LogP contribution in [0.4, 0.5) is 0 Å². The minimum Gasteiger partial charge on any atom is -0.462 e. The minimum absolute atomic E-state index is 0.111. The van der Waals surface area contributed by atoms with Crippen LogP contribution < -0.4 is 0 Å². The van der Waals surface area contributed by atoms with Gasteiger partial charge < -0.3 is 9.47 Å². The zero-order valence-corrected chi connectivity index (χ0v) is 17.3. The summed E-state index contributed by atoms with van der Waals surface area (Å²) in [5, 5.41) is 0.406. The van der Waals surface area contributed by atoms with Gasteiger partial charge in [-0.2, -0.15) is 0 Å². The van der Waals surface area contributed by atoms with Gasteiger partial charge in [-0.3, -0.25) is 9.59 Å². The van der Waals surface area contributed by atoms with Gasteiger partial charge in [0.25, 0.3) is 0 Å². The van der Waals surface area contributed by atoms with Crippen LogP contribution in [0.2, 0.25) is 0 Å². The summed E-state index contributed by atoms with van der Waals surface area (Å²) >= 11 is 1.34. The molecule has 3 aromatic rings. The van der Waals surface area contributed by atoms with Crippen molar-refractivity contribution in [1.29, 1.82) is 0 Å². The molecule has 1 aliphatic carbocycles. The Labute approximate surface area is 182 Å². The number of carbonyl (C=O) groups is 3. The lowest BCUT2D eigenvalue weighted by Crippen LogP contribution is -2.25. The number of carbonyl (C=O) groups excluding carboxylic acids is 3. The first-order valence-corrected chi connectivity index (χ1v) is 10.9. The summed E-state index contributed by atoms with van der Waals surface area (Å²) in [5.41, 5.74) is 1.25. The van der Waals surface area contributed by atoms with E-state index in [0.29, 0.717) is 17.0 Å². The van der Waals surface area contributed by atoms with Crippen LogP contribution in [0.5, 0.6) is 0 Å². The van der Waals surface area contributed by atoms with Crippen molar-refractivity contribution in [2.24, 2.45) is 11.8 Å². The van der Waals surface area contributed by atoms with Crippen molar-refractivity contribution >= 4 is 39.3 Å². The van der Waals surface area contributed by atoms with Gasteiger partial charge >= 0.3 is 11.9 Å². The van der Waals surface area contributed by atoms with E-state index in [2.05, 4.69) is 4.98 Å². The van der Waals surface area contributed by atoms with Crippen LogP contribution in [-0.2, 0) is 14.3 Å². The lowest BCUT2D eigenvalue weighted by atomic mass is 9.91. The van der Waals surface area contributed by atoms with Crippen LogP contribution in [0.1, 0.15) is 33.0 Å². The number of hydrogen-bond acceptors (Lipinski definition) is 7. The van der Waals surface area contributed by atoms with Gasteiger partial charge in [0.2, 0.25) is 5.78 Å². The normalized spacial score (nSPS) is 25.0. The van der Waals surface area contributed by atoms with Crippen molar-refractivity contribution in [2.75, 3.05) is 0 Å². The van der Waals surface area contributed by atoms with Crippen LogP contribution in [-0.4, -0.2) is 34.9 Å². The predicted octanol–water partition coefficient (Wildman–Crippen LogP) is 4.21. The fourth-order valence-corrected chi connectivity index (χ4v) is 5.20. The molecule has 2 aromatic carbocycles. The van der Waals surface area contributed by atoms with Crippen LogP contribution in [0.15, 0.2) is 66.7 Å². The first-order chi connectivity index (χ1) is 15.1. The molecule has 5 rings (SSSR count). The molecule has 31 heavy (non-hydrogen) atoms. The Morgan fingerprint density at radius 1 is 1.10 bits per heavy atom. The number of esters is 2. The Morgan fingerprint density at radius 3 is 2.68 bits per heavy atom. The Bertz CT molecular complexity index is 1150. The van der Waals surface area contributed by atoms with E-state index in [1.807, 2.05) is 30.3 Å². The molecular weight excluding hydrogens is 414 g/mol. The van der Waals surface area contributed by atoms with Crippen molar-refractivity contribution in [2.45, 2.75) is 25.0 Å². The van der Waals surface area contributed by atoms with Gasteiger partial charge in [0.1, 0.15) is 12.2 Å². The first-order valence-electron chi connectivity index (χ1n) is 10.1. The second-order valence-electron chi connectivity index (χ2n) is 7.73. The van der Waals surface area contributed by atoms with E-state index in [-0.39, 0.29) is 36.1 Å². The highest BCUT2D eigenvalue weighted by Gasteiger charge is 2.50. The average Bonchev–Trinajstić information content (AvgIpc) is 3.45. The molecule has 0 unspecified atom stereocenters. The molecule has 0 spiro atoms. The van der Waals surface area contributed by atoms with Gasteiger partial charge in [0.05, 0.1) is 22.2 Å². The maximum atomic E-state index is 12.7. The summed E-state index contributed by atoms with van der Waals surface area (Å²) < 4.78 is 12.1. The molecular formula is C24H19NO5S. The largest absolute Gasteiger partial charge is 0.462 e. The first kappa shape index (κ1) is 19.6. The minimum atomic E-state index is -0.463. The van der Waals surface area contributed by atoms with Crippen molar-refractivity contribution in [3.8, 4) is 0 Å². The number of benzene rings is 2. The quantitative estimate of drug-likeness (QED) is 0.341. The number of ether oxygens (including phenoxy) is 2. The average molecular weight is 433 g/mol. The van der Waals surface area contributed by atoms with E-state index < -0.39 is 12.1 Å². The fraction of sp³-hybridized carbons (Fsp3) is 0.250. The molecule has 7 heteroatoms. The molecule has 1 aliphatic heterocycles. The molecule has 156 valence electrons. The van der Waals surface area contributed by atoms with Gasteiger partial charge in [0, 0.05) is 18.3 Å². The summed E-state index contributed by atoms with van der Waals surface area (Å²) in [4.78, 5) is 41.5. The zero-order chi connectivity index (χ0) is 21.4. The van der Waals surface area contributed by atoms with Gasteiger partial charge in [-0.05, 0) is 30.3 Å². The predicted molar refractivity (Wildman–Crippen MR) is 115 cm³/mol. The van der Waals surface area contributed by atoms with E-state index in [4.69, 9.17) is 9.47 Å². The molecule has 2 heterocycles. The number of rotatable bonds is 5.